The van der Waals surface area contributed by atoms with Gasteiger partial charge in [0.05, 0.1) is 23.5 Å². The van der Waals surface area contributed by atoms with Crippen LogP contribution in [-0.2, 0) is 14.8 Å². The molecule has 31 heavy (non-hydrogen) atoms. The number of sulfonamides is 1. The van der Waals surface area contributed by atoms with Crippen molar-refractivity contribution in [2.75, 3.05) is 18.9 Å². The van der Waals surface area contributed by atoms with Crippen molar-refractivity contribution in [3.63, 3.8) is 0 Å². The Balaban J connectivity index is 2.04. The van der Waals surface area contributed by atoms with Gasteiger partial charge in [0.25, 0.3) is 0 Å². The van der Waals surface area contributed by atoms with Gasteiger partial charge >= 0.3 is 5.97 Å². The Labute approximate surface area is 188 Å². The van der Waals surface area contributed by atoms with E-state index in [4.69, 9.17) is 4.74 Å². The second-order valence-electron chi connectivity index (χ2n) is 7.58. The van der Waals surface area contributed by atoms with Crippen LogP contribution in [0.5, 0.6) is 5.75 Å². The van der Waals surface area contributed by atoms with Crippen LogP contribution in [0.2, 0.25) is 0 Å². The molecule has 3 atom stereocenters. The zero-order valence-corrected chi connectivity index (χ0v) is 19.7. The zero-order valence-electron chi connectivity index (χ0n) is 18.0. The van der Waals surface area contributed by atoms with Crippen molar-refractivity contribution in [1.29, 1.82) is 0 Å². The van der Waals surface area contributed by atoms with Gasteiger partial charge in [-0.1, -0.05) is 36.8 Å². The quantitative estimate of drug-likeness (QED) is 0.627. The maximum Gasteiger partial charge on any atom is 0.308 e. The third-order valence-corrected chi connectivity index (χ3v) is 8.70. The van der Waals surface area contributed by atoms with Gasteiger partial charge in [0.15, 0.2) is 0 Å². The molecule has 3 rings (SSSR count). The van der Waals surface area contributed by atoms with E-state index < -0.39 is 28.0 Å². The molecule has 0 bridgehead atoms. The van der Waals surface area contributed by atoms with Gasteiger partial charge in [-0.3, -0.25) is 4.79 Å². The Kier molecular flexibility index (Phi) is 7.67. The monoisotopic (exact) mass is 463 g/mol. The number of piperidine rings is 1. The molecule has 0 spiro atoms. The number of ether oxygens (including phenoxy) is 1. The Hall–Kier alpha value is -2.03. The van der Waals surface area contributed by atoms with Crippen molar-refractivity contribution in [2.45, 2.75) is 43.4 Å². The lowest BCUT2D eigenvalue weighted by molar-refractivity contribution is -0.143. The highest BCUT2D eigenvalue weighted by Crippen LogP contribution is 2.42. The van der Waals surface area contributed by atoms with Crippen LogP contribution in [0.15, 0.2) is 53.4 Å². The van der Waals surface area contributed by atoms with Crippen LogP contribution in [0.1, 0.15) is 37.4 Å². The predicted molar refractivity (Wildman–Crippen MR) is 123 cm³/mol. The average Bonchev–Trinajstić information content (AvgIpc) is 2.74. The lowest BCUT2D eigenvalue weighted by Crippen LogP contribution is -2.49. The number of rotatable bonds is 8. The molecule has 1 aliphatic rings. The van der Waals surface area contributed by atoms with E-state index in [2.05, 4.69) is 0 Å². The van der Waals surface area contributed by atoms with E-state index >= 15 is 0 Å². The highest BCUT2D eigenvalue weighted by Gasteiger charge is 2.45. The minimum absolute atomic E-state index is 0.0545. The van der Waals surface area contributed by atoms with Gasteiger partial charge in [0.2, 0.25) is 10.0 Å². The summed E-state index contributed by atoms with van der Waals surface area (Å²) in [5, 5.41) is 9.66. The molecule has 0 aliphatic carbocycles. The fraction of sp³-hybridized carbons (Fsp3) is 0.435. The second kappa shape index (κ2) is 10.1. The van der Waals surface area contributed by atoms with Gasteiger partial charge in [0, 0.05) is 11.8 Å². The Morgan fingerprint density at radius 2 is 1.77 bits per heavy atom. The van der Waals surface area contributed by atoms with E-state index in [1.807, 2.05) is 45.0 Å². The van der Waals surface area contributed by atoms with Crippen molar-refractivity contribution in [1.82, 2.24) is 4.31 Å². The van der Waals surface area contributed by atoms with E-state index in [0.717, 1.165) is 22.6 Å². The lowest BCUT2D eigenvalue weighted by Gasteiger charge is -2.41. The summed E-state index contributed by atoms with van der Waals surface area (Å²) in [6, 6.07) is 13.7. The summed E-state index contributed by atoms with van der Waals surface area (Å²) < 4.78 is 34.1. The molecule has 2 aromatic rings. The van der Waals surface area contributed by atoms with E-state index in [1.54, 1.807) is 36.0 Å². The standard InChI is InChI=1S/C23H29NO5S2/c1-4-29-18-10-8-17(9-11-18)21-14-22(30-5-2)20(23(25)26)15-24(21)31(27,28)19-12-6-16(3)7-13-19/h6-13,20-22H,4-5,14-15H2,1-3H3,(H,25,26)/t20-,21+,22-/m1/s1. The van der Waals surface area contributed by atoms with E-state index in [0.29, 0.717) is 13.0 Å². The molecule has 1 fully saturated rings. The van der Waals surface area contributed by atoms with E-state index in [9.17, 15) is 18.3 Å². The molecular weight excluding hydrogens is 434 g/mol. The molecule has 0 unspecified atom stereocenters. The number of carboxylic acids is 1. The van der Waals surface area contributed by atoms with Crippen molar-refractivity contribution >= 4 is 27.8 Å². The molecule has 0 saturated carbocycles. The number of nitrogens with zero attached hydrogens (tertiary/aromatic N) is 1. The van der Waals surface area contributed by atoms with Crippen molar-refractivity contribution in [2.24, 2.45) is 5.92 Å². The Morgan fingerprint density at radius 1 is 1.13 bits per heavy atom. The number of hydrogen-bond acceptors (Lipinski definition) is 5. The number of carbonyl (C=O) groups is 1. The van der Waals surface area contributed by atoms with Crippen LogP contribution in [-0.4, -0.2) is 48.0 Å². The fourth-order valence-corrected chi connectivity index (χ4v) is 6.77. The molecule has 0 aromatic heterocycles. The summed E-state index contributed by atoms with van der Waals surface area (Å²) in [5.41, 5.74) is 1.80. The van der Waals surface area contributed by atoms with Crippen molar-refractivity contribution < 1.29 is 23.1 Å². The Bertz CT molecular complexity index is 990. The van der Waals surface area contributed by atoms with Crippen LogP contribution >= 0.6 is 11.8 Å². The number of aryl methyl sites for hydroxylation is 1. The lowest BCUT2D eigenvalue weighted by atomic mass is 9.90. The highest BCUT2D eigenvalue weighted by atomic mass is 32.2. The van der Waals surface area contributed by atoms with Gasteiger partial charge in [0.1, 0.15) is 5.75 Å². The molecule has 168 valence electrons. The molecule has 6 nitrogen and oxygen atoms in total. The molecule has 1 N–H and O–H groups in total. The molecule has 0 radical (unpaired) electrons. The van der Waals surface area contributed by atoms with Gasteiger partial charge in [-0.2, -0.15) is 16.1 Å². The largest absolute Gasteiger partial charge is 0.494 e. The van der Waals surface area contributed by atoms with Gasteiger partial charge in [-0.05, 0) is 55.9 Å². The molecule has 1 saturated heterocycles. The Morgan fingerprint density at radius 3 is 2.32 bits per heavy atom. The first kappa shape index (κ1) is 23.6. The fourth-order valence-electron chi connectivity index (χ4n) is 3.94. The van der Waals surface area contributed by atoms with Crippen LogP contribution < -0.4 is 4.74 Å². The number of benzene rings is 2. The maximum absolute atomic E-state index is 13.6. The zero-order chi connectivity index (χ0) is 22.6. The highest BCUT2D eigenvalue weighted by molar-refractivity contribution is 7.99. The summed E-state index contributed by atoms with van der Waals surface area (Å²) in [6.45, 7) is 6.29. The van der Waals surface area contributed by atoms with E-state index in [-0.39, 0.29) is 16.7 Å². The molecule has 0 amide bonds. The molecule has 2 aromatic carbocycles. The van der Waals surface area contributed by atoms with Crippen LogP contribution in [0.25, 0.3) is 0 Å². The van der Waals surface area contributed by atoms with Crippen molar-refractivity contribution in [3.05, 3.63) is 59.7 Å². The van der Waals surface area contributed by atoms with Gasteiger partial charge < -0.3 is 9.84 Å². The SMILES string of the molecule is CCOc1ccc([C@@H]2C[C@@H](SCC)[C@H](C(=O)O)CN2S(=O)(=O)c2ccc(C)cc2)cc1. The normalized spacial score (nSPS) is 22.2. The second-order valence-corrected chi connectivity index (χ2v) is 11.0. The summed E-state index contributed by atoms with van der Waals surface area (Å²) >= 11 is 1.58. The molecule has 8 heteroatoms. The first-order valence-corrected chi connectivity index (χ1v) is 12.9. The van der Waals surface area contributed by atoms with Crippen LogP contribution in [0.4, 0.5) is 0 Å². The predicted octanol–water partition coefficient (Wildman–Crippen LogP) is 4.35. The van der Waals surface area contributed by atoms with Gasteiger partial charge in [-0.15, -0.1) is 0 Å². The third-order valence-electron chi connectivity index (χ3n) is 5.53. The topological polar surface area (TPSA) is 83.9 Å². The molecular formula is C23H29NO5S2. The first-order valence-electron chi connectivity index (χ1n) is 10.4. The summed E-state index contributed by atoms with van der Waals surface area (Å²) in [7, 11) is -3.87. The number of hydrogen-bond donors (Lipinski definition) is 1. The number of aliphatic carboxylic acids is 1. The smallest absolute Gasteiger partial charge is 0.308 e. The molecule has 1 heterocycles. The average molecular weight is 464 g/mol. The van der Waals surface area contributed by atoms with Crippen LogP contribution in [0, 0.1) is 12.8 Å². The van der Waals surface area contributed by atoms with Gasteiger partial charge in [-0.25, -0.2) is 8.42 Å². The third kappa shape index (κ3) is 5.25. The number of carboxylic acid groups (broad SMARTS) is 1. The van der Waals surface area contributed by atoms with Crippen molar-refractivity contribution in [3.8, 4) is 5.75 Å². The number of thioether (sulfide) groups is 1. The first-order chi connectivity index (χ1) is 14.8. The molecule has 1 aliphatic heterocycles. The summed E-state index contributed by atoms with van der Waals surface area (Å²) in [6.07, 6.45) is 0.439. The summed E-state index contributed by atoms with van der Waals surface area (Å²) in [5.74, 6) is -0.225. The summed E-state index contributed by atoms with van der Waals surface area (Å²) in [4.78, 5) is 12.2. The van der Waals surface area contributed by atoms with E-state index in [1.165, 1.54) is 4.31 Å². The maximum atomic E-state index is 13.6. The van der Waals surface area contributed by atoms with Crippen LogP contribution in [0.3, 0.4) is 0 Å². The minimum atomic E-state index is -3.87. The minimum Gasteiger partial charge on any atom is -0.494 e.